The van der Waals surface area contributed by atoms with E-state index in [4.69, 9.17) is 5.11 Å². The Morgan fingerprint density at radius 1 is 1.24 bits per heavy atom. The quantitative estimate of drug-likeness (QED) is 0.861. The first kappa shape index (κ1) is 15.3. The van der Waals surface area contributed by atoms with Crippen molar-refractivity contribution in [3.8, 4) is 0 Å². The molecule has 0 bridgehead atoms. The Kier molecular flexibility index (Phi) is 3.45. The van der Waals surface area contributed by atoms with Crippen LogP contribution < -0.4 is 0 Å². The van der Waals surface area contributed by atoms with Crippen molar-refractivity contribution in [1.82, 2.24) is 4.90 Å². The Morgan fingerprint density at radius 2 is 1.86 bits per heavy atom. The van der Waals surface area contributed by atoms with Crippen LogP contribution in [-0.4, -0.2) is 40.0 Å². The first-order valence-corrected chi connectivity index (χ1v) is 6.66. The normalized spacial score (nSPS) is 22.0. The molecule has 6 heteroatoms. The minimum atomic E-state index is -1.06. The van der Waals surface area contributed by atoms with Crippen LogP contribution in [-0.2, 0) is 0 Å². The number of hydrogen-bond acceptors (Lipinski definition) is 5. The van der Waals surface area contributed by atoms with E-state index in [1.807, 2.05) is 39.6 Å². The number of Topliss-reactive ketones (excluding diaryl/α,β-unsaturated/α-hetero) is 1. The third-order valence-corrected chi connectivity index (χ3v) is 4.11. The number of nitrogens with zero attached hydrogens (tertiary/aromatic N) is 3. The predicted octanol–water partition coefficient (Wildman–Crippen LogP) is 3.11. The molecule has 0 fully saturated rings. The fourth-order valence-electron chi connectivity index (χ4n) is 2.35. The van der Waals surface area contributed by atoms with Crippen molar-refractivity contribution in [1.29, 1.82) is 0 Å². The van der Waals surface area contributed by atoms with Gasteiger partial charge >= 0.3 is 5.97 Å². The topological polar surface area (TPSA) is 82.3 Å². The largest absolute Gasteiger partial charge is 0.478 e. The van der Waals surface area contributed by atoms with E-state index in [1.54, 1.807) is 0 Å². The molecule has 1 heterocycles. The zero-order valence-electron chi connectivity index (χ0n) is 12.8. The molecule has 1 N–H and O–H groups in total. The number of azo groups is 1. The maximum absolute atomic E-state index is 12.8. The second-order valence-electron chi connectivity index (χ2n) is 6.18. The molecule has 0 aromatic heterocycles. The summed E-state index contributed by atoms with van der Waals surface area (Å²) in [7, 11) is 1.83. The van der Waals surface area contributed by atoms with Crippen molar-refractivity contribution < 1.29 is 14.7 Å². The molecule has 112 valence electrons. The molecule has 2 rings (SSSR count). The number of carbonyl (C=O) groups excluding carboxylic acids is 1. The van der Waals surface area contributed by atoms with Crippen molar-refractivity contribution in [3.05, 3.63) is 29.3 Å². The van der Waals surface area contributed by atoms with E-state index in [0.29, 0.717) is 11.3 Å². The molecule has 1 aromatic carbocycles. The summed E-state index contributed by atoms with van der Waals surface area (Å²) in [5.41, 5.74) is -0.673. The maximum Gasteiger partial charge on any atom is 0.335 e. The maximum atomic E-state index is 12.8. The van der Waals surface area contributed by atoms with Gasteiger partial charge in [0.25, 0.3) is 0 Å². The third-order valence-electron chi connectivity index (χ3n) is 4.11. The average Bonchev–Trinajstić information content (AvgIpc) is 2.42. The highest BCUT2D eigenvalue weighted by Gasteiger charge is 2.42. The van der Waals surface area contributed by atoms with E-state index in [0.717, 1.165) is 0 Å². The second kappa shape index (κ2) is 4.73. The van der Waals surface area contributed by atoms with E-state index < -0.39 is 17.2 Å². The van der Waals surface area contributed by atoms with Crippen LogP contribution in [0.5, 0.6) is 0 Å². The number of ketones is 1. The molecule has 0 atom stereocenters. The van der Waals surface area contributed by atoms with Crippen LogP contribution in [0, 0.1) is 0 Å². The summed E-state index contributed by atoms with van der Waals surface area (Å²) >= 11 is 0. The van der Waals surface area contributed by atoms with Gasteiger partial charge in [0, 0.05) is 5.56 Å². The highest BCUT2D eigenvalue weighted by atomic mass is 16.4. The van der Waals surface area contributed by atoms with Crippen molar-refractivity contribution in [2.24, 2.45) is 10.2 Å². The lowest BCUT2D eigenvalue weighted by Crippen LogP contribution is -2.56. The summed E-state index contributed by atoms with van der Waals surface area (Å²) in [5, 5.41) is 17.4. The Labute approximate surface area is 123 Å². The Morgan fingerprint density at radius 3 is 2.43 bits per heavy atom. The van der Waals surface area contributed by atoms with Crippen LogP contribution in [0.1, 0.15) is 48.4 Å². The first-order valence-electron chi connectivity index (χ1n) is 6.66. The molecule has 1 aliphatic heterocycles. The summed E-state index contributed by atoms with van der Waals surface area (Å²) in [4.78, 5) is 25.7. The van der Waals surface area contributed by atoms with E-state index in [9.17, 15) is 9.59 Å². The van der Waals surface area contributed by atoms with Gasteiger partial charge in [-0.1, -0.05) is 0 Å². The van der Waals surface area contributed by atoms with Gasteiger partial charge in [0.1, 0.15) is 5.66 Å². The average molecular weight is 289 g/mol. The van der Waals surface area contributed by atoms with Crippen molar-refractivity contribution in [3.63, 3.8) is 0 Å². The number of fused-ring (bicyclic) bond motifs is 1. The molecular weight excluding hydrogens is 270 g/mol. The molecule has 0 unspecified atom stereocenters. The molecule has 1 aliphatic rings. The molecule has 0 aliphatic carbocycles. The number of hydrogen-bond donors (Lipinski definition) is 1. The standard InChI is InChI=1S/C15H19N3O3/c1-14(2)12(19)10-7-6-9(13(20)21)8-11(10)16-17-15(3,4)18(14)5/h6-8H,1-5H3,(H,20,21)/b17-16-. The molecule has 0 spiro atoms. The van der Waals surface area contributed by atoms with Gasteiger partial charge in [0.05, 0.1) is 16.8 Å². The zero-order chi connectivity index (χ0) is 16.0. The van der Waals surface area contributed by atoms with Gasteiger partial charge < -0.3 is 5.11 Å². The number of carbonyl (C=O) groups is 2. The molecule has 21 heavy (non-hydrogen) atoms. The summed E-state index contributed by atoms with van der Waals surface area (Å²) < 4.78 is 0. The molecule has 1 aromatic rings. The second-order valence-corrected chi connectivity index (χ2v) is 6.18. The lowest BCUT2D eigenvalue weighted by Gasteiger charge is -2.43. The lowest BCUT2D eigenvalue weighted by atomic mass is 9.88. The van der Waals surface area contributed by atoms with Gasteiger partial charge in [0.2, 0.25) is 0 Å². The lowest BCUT2D eigenvalue weighted by molar-refractivity contribution is 0.0357. The minimum absolute atomic E-state index is 0.0880. The third kappa shape index (κ3) is 2.47. The van der Waals surface area contributed by atoms with E-state index in [-0.39, 0.29) is 11.3 Å². The predicted molar refractivity (Wildman–Crippen MR) is 78.2 cm³/mol. The van der Waals surface area contributed by atoms with Gasteiger partial charge in [-0.2, -0.15) is 10.2 Å². The fourth-order valence-corrected chi connectivity index (χ4v) is 2.35. The SMILES string of the molecule is CN1C(C)(C)/N=N\c2cc(C(=O)O)ccc2C(=O)C1(C)C. The minimum Gasteiger partial charge on any atom is -0.478 e. The van der Waals surface area contributed by atoms with Gasteiger partial charge in [-0.3, -0.25) is 9.69 Å². The van der Waals surface area contributed by atoms with Gasteiger partial charge in [-0.15, -0.1) is 0 Å². The number of rotatable bonds is 1. The van der Waals surface area contributed by atoms with Crippen LogP contribution in [0.25, 0.3) is 0 Å². The molecule has 0 saturated heterocycles. The van der Waals surface area contributed by atoms with Gasteiger partial charge in [-0.05, 0) is 52.9 Å². The smallest absolute Gasteiger partial charge is 0.335 e. The van der Waals surface area contributed by atoms with Crippen LogP contribution in [0.15, 0.2) is 28.4 Å². The highest BCUT2D eigenvalue weighted by Crippen LogP contribution is 2.35. The Hall–Kier alpha value is -2.08. The number of aromatic carboxylic acids is 1. The van der Waals surface area contributed by atoms with Crippen LogP contribution in [0.3, 0.4) is 0 Å². The van der Waals surface area contributed by atoms with E-state index in [1.165, 1.54) is 18.2 Å². The van der Waals surface area contributed by atoms with Crippen molar-refractivity contribution >= 4 is 17.4 Å². The fraction of sp³-hybridized carbons (Fsp3) is 0.467. The van der Waals surface area contributed by atoms with Gasteiger partial charge in [0.15, 0.2) is 5.78 Å². The number of benzene rings is 1. The molecule has 0 amide bonds. The first-order chi connectivity index (χ1) is 9.57. The summed E-state index contributed by atoms with van der Waals surface area (Å²) in [5.74, 6) is -1.16. The number of carboxylic acid groups (broad SMARTS) is 1. The monoisotopic (exact) mass is 289 g/mol. The van der Waals surface area contributed by atoms with Gasteiger partial charge in [-0.25, -0.2) is 4.79 Å². The van der Waals surface area contributed by atoms with Crippen molar-refractivity contribution in [2.75, 3.05) is 7.05 Å². The molecular formula is C15H19N3O3. The molecule has 6 nitrogen and oxygen atoms in total. The van der Waals surface area contributed by atoms with E-state index in [2.05, 4.69) is 10.2 Å². The number of likely N-dealkylation sites (N-methyl/N-ethyl adjacent to an activating group) is 1. The highest BCUT2D eigenvalue weighted by molar-refractivity contribution is 6.07. The molecule has 0 saturated carbocycles. The van der Waals surface area contributed by atoms with Crippen molar-refractivity contribution in [2.45, 2.75) is 38.9 Å². The van der Waals surface area contributed by atoms with Crippen LogP contribution in [0.2, 0.25) is 0 Å². The summed E-state index contributed by atoms with van der Waals surface area (Å²) in [6.45, 7) is 7.37. The summed E-state index contributed by atoms with van der Waals surface area (Å²) in [6, 6.07) is 4.31. The number of carboxylic acids is 1. The summed E-state index contributed by atoms with van der Waals surface area (Å²) in [6.07, 6.45) is 0. The molecule has 0 radical (unpaired) electrons. The van der Waals surface area contributed by atoms with Crippen LogP contribution in [0.4, 0.5) is 5.69 Å². The Balaban J connectivity index is 2.69. The van der Waals surface area contributed by atoms with E-state index >= 15 is 0 Å². The Bertz CT molecular complexity index is 648. The zero-order valence-corrected chi connectivity index (χ0v) is 12.8. The van der Waals surface area contributed by atoms with Crippen LogP contribution >= 0.6 is 0 Å².